The maximum Gasteiger partial charge on any atom is 0.191 e. The first-order valence-electron chi connectivity index (χ1n) is 8.84. The molecule has 2 heterocycles. The number of nitrogens with one attached hydrogen (secondary N) is 2. The molecule has 0 saturated carbocycles. The monoisotopic (exact) mass is 464 g/mol. The Morgan fingerprint density at radius 3 is 2.64 bits per heavy atom. The molecule has 1 aliphatic rings. The standard InChI is InChI=1S/C17H32N6O.HI/c1-14(13-23-16(3)11-15(2)21-23)12-20-17(18-4)19-5-6-22-7-9-24-10-8-22;/h11,14H,5-10,12-13H2,1-4H3,(H2,18,19,20);1H. The van der Waals surface area contributed by atoms with E-state index in [9.17, 15) is 0 Å². The molecule has 0 amide bonds. The predicted molar refractivity (Wildman–Crippen MR) is 113 cm³/mol. The molecule has 0 spiro atoms. The van der Waals surface area contributed by atoms with Gasteiger partial charge in [-0.05, 0) is 25.8 Å². The van der Waals surface area contributed by atoms with E-state index in [1.807, 2.05) is 14.0 Å². The zero-order valence-electron chi connectivity index (χ0n) is 15.9. The van der Waals surface area contributed by atoms with Crippen LogP contribution >= 0.6 is 24.0 Å². The van der Waals surface area contributed by atoms with E-state index < -0.39 is 0 Å². The lowest BCUT2D eigenvalue weighted by molar-refractivity contribution is 0.0389. The number of hydrogen-bond donors (Lipinski definition) is 2. The van der Waals surface area contributed by atoms with E-state index in [1.54, 1.807) is 0 Å². The molecule has 0 aliphatic carbocycles. The van der Waals surface area contributed by atoms with Gasteiger partial charge in [0.1, 0.15) is 0 Å². The number of morpholine rings is 1. The molecule has 1 fully saturated rings. The second kappa shape index (κ2) is 11.7. The average Bonchev–Trinajstić information content (AvgIpc) is 2.89. The number of ether oxygens (including phenoxy) is 1. The van der Waals surface area contributed by atoms with E-state index in [4.69, 9.17) is 4.74 Å². The van der Waals surface area contributed by atoms with E-state index in [0.29, 0.717) is 5.92 Å². The van der Waals surface area contributed by atoms with Crippen LogP contribution in [0.4, 0.5) is 0 Å². The highest BCUT2D eigenvalue weighted by Gasteiger charge is 2.11. The summed E-state index contributed by atoms with van der Waals surface area (Å²) in [6.45, 7) is 13.8. The topological polar surface area (TPSA) is 66.7 Å². The van der Waals surface area contributed by atoms with Crippen molar-refractivity contribution in [3.63, 3.8) is 0 Å². The zero-order valence-corrected chi connectivity index (χ0v) is 18.2. The van der Waals surface area contributed by atoms with Gasteiger partial charge in [0, 0.05) is 52.0 Å². The number of hydrogen-bond acceptors (Lipinski definition) is 4. The third kappa shape index (κ3) is 7.91. The quantitative estimate of drug-likeness (QED) is 0.361. The van der Waals surface area contributed by atoms with Crippen LogP contribution in [0.25, 0.3) is 0 Å². The smallest absolute Gasteiger partial charge is 0.191 e. The lowest BCUT2D eigenvalue weighted by atomic mass is 10.2. The van der Waals surface area contributed by atoms with Gasteiger partial charge in [-0.2, -0.15) is 5.10 Å². The minimum absolute atomic E-state index is 0. The summed E-state index contributed by atoms with van der Waals surface area (Å²) in [4.78, 5) is 6.71. The number of aliphatic imine (C=N–C) groups is 1. The maximum atomic E-state index is 5.37. The highest BCUT2D eigenvalue weighted by atomic mass is 127. The third-order valence-corrected chi connectivity index (χ3v) is 4.25. The van der Waals surface area contributed by atoms with Gasteiger partial charge < -0.3 is 15.4 Å². The molecule has 7 nitrogen and oxygen atoms in total. The number of aromatic nitrogens is 2. The zero-order chi connectivity index (χ0) is 17.4. The summed E-state index contributed by atoms with van der Waals surface area (Å²) in [6.07, 6.45) is 0. The molecule has 0 bridgehead atoms. The van der Waals surface area contributed by atoms with Gasteiger partial charge in [0.15, 0.2) is 5.96 Å². The van der Waals surface area contributed by atoms with Gasteiger partial charge in [0.2, 0.25) is 0 Å². The Morgan fingerprint density at radius 1 is 1.32 bits per heavy atom. The fourth-order valence-electron chi connectivity index (χ4n) is 2.87. The average molecular weight is 464 g/mol. The van der Waals surface area contributed by atoms with Crippen LogP contribution in [-0.4, -0.2) is 73.6 Å². The molecular weight excluding hydrogens is 431 g/mol. The molecule has 0 radical (unpaired) electrons. The molecule has 1 aromatic heterocycles. The molecule has 1 saturated heterocycles. The van der Waals surface area contributed by atoms with Gasteiger partial charge in [-0.15, -0.1) is 24.0 Å². The number of guanidine groups is 1. The van der Waals surface area contributed by atoms with Crippen molar-refractivity contribution in [3.8, 4) is 0 Å². The minimum atomic E-state index is 0. The molecule has 25 heavy (non-hydrogen) atoms. The number of halogens is 1. The predicted octanol–water partition coefficient (Wildman–Crippen LogP) is 1.25. The van der Waals surface area contributed by atoms with Crippen LogP contribution in [0, 0.1) is 19.8 Å². The molecule has 1 atom stereocenters. The van der Waals surface area contributed by atoms with Gasteiger partial charge >= 0.3 is 0 Å². The van der Waals surface area contributed by atoms with Crippen molar-refractivity contribution in [3.05, 3.63) is 17.5 Å². The van der Waals surface area contributed by atoms with Crippen LogP contribution in [0.5, 0.6) is 0 Å². The summed E-state index contributed by atoms with van der Waals surface area (Å²) >= 11 is 0. The summed E-state index contributed by atoms with van der Waals surface area (Å²) in [7, 11) is 1.82. The molecule has 0 aromatic carbocycles. The van der Waals surface area contributed by atoms with Crippen LogP contribution in [0.3, 0.4) is 0 Å². The third-order valence-electron chi connectivity index (χ3n) is 4.25. The highest BCUT2D eigenvalue weighted by molar-refractivity contribution is 14.0. The van der Waals surface area contributed by atoms with Crippen molar-refractivity contribution in [2.75, 3.05) is 53.0 Å². The first-order chi connectivity index (χ1) is 11.6. The molecule has 8 heteroatoms. The fraction of sp³-hybridized carbons (Fsp3) is 0.765. The Balaban J connectivity index is 0.00000312. The lowest BCUT2D eigenvalue weighted by Crippen LogP contribution is -2.45. The van der Waals surface area contributed by atoms with E-state index in [-0.39, 0.29) is 24.0 Å². The molecule has 1 unspecified atom stereocenters. The second-order valence-corrected chi connectivity index (χ2v) is 6.55. The molecule has 144 valence electrons. The first kappa shape index (κ1) is 22.2. The molecule has 2 N–H and O–H groups in total. The van der Waals surface area contributed by atoms with E-state index in [2.05, 4.69) is 50.2 Å². The van der Waals surface area contributed by atoms with E-state index in [0.717, 1.165) is 64.1 Å². The Morgan fingerprint density at radius 2 is 2.04 bits per heavy atom. The Hall–Kier alpha value is -0.870. The number of rotatable bonds is 7. The van der Waals surface area contributed by atoms with E-state index >= 15 is 0 Å². The van der Waals surface area contributed by atoms with Crippen molar-refractivity contribution in [2.45, 2.75) is 27.3 Å². The van der Waals surface area contributed by atoms with Crippen LogP contribution in [-0.2, 0) is 11.3 Å². The summed E-state index contributed by atoms with van der Waals surface area (Å²) in [6, 6.07) is 2.12. The second-order valence-electron chi connectivity index (χ2n) is 6.55. The summed E-state index contributed by atoms with van der Waals surface area (Å²) in [5, 5.41) is 11.3. The van der Waals surface area contributed by atoms with Crippen LogP contribution < -0.4 is 10.6 Å². The summed E-state index contributed by atoms with van der Waals surface area (Å²) in [5.74, 6) is 1.34. The van der Waals surface area contributed by atoms with Crippen molar-refractivity contribution in [1.82, 2.24) is 25.3 Å². The summed E-state index contributed by atoms with van der Waals surface area (Å²) < 4.78 is 7.45. The molecule has 1 aliphatic heterocycles. The number of aryl methyl sites for hydroxylation is 2. The van der Waals surface area contributed by atoms with Gasteiger partial charge in [0.05, 0.1) is 18.9 Å². The Labute approximate surface area is 168 Å². The van der Waals surface area contributed by atoms with Gasteiger partial charge in [0.25, 0.3) is 0 Å². The fourth-order valence-corrected chi connectivity index (χ4v) is 2.87. The van der Waals surface area contributed by atoms with Crippen molar-refractivity contribution >= 4 is 29.9 Å². The molecule has 1 aromatic rings. The lowest BCUT2D eigenvalue weighted by Gasteiger charge is -2.26. The first-order valence-corrected chi connectivity index (χ1v) is 8.84. The van der Waals surface area contributed by atoms with Gasteiger partial charge in [-0.1, -0.05) is 6.92 Å². The van der Waals surface area contributed by atoms with Crippen molar-refractivity contribution < 1.29 is 4.74 Å². The molecule has 2 rings (SSSR count). The highest BCUT2D eigenvalue weighted by Crippen LogP contribution is 2.05. The van der Waals surface area contributed by atoms with Crippen molar-refractivity contribution in [2.24, 2.45) is 10.9 Å². The van der Waals surface area contributed by atoms with Crippen LogP contribution in [0.1, 0.15) is 18.3 Å². The summed E-state index contributed by atoms with van der Waals surface area (Å²) in [5.41, 5.74) is 2.29. The van der Waals surface area contributed by atoms with Crippen LogP contribution in [0.2, 0.25) is 0 Å². The maximum absolute atomic E-state index is 5.37. The minimum Gasteiger partial charge on any atom is -0.379 e. The SMILES string of the molecule is CN=C(NCCN1CCOCC1)NCC(C)Cn1nc(C)cc1C.I. The van der Waals surface area contributed by atoms with Crippen LogP contribution in [0.15, 0.2) is 11.1 Å². The van der Waals surface area contributed by atoms with E-state index in [1.165, 1.54) is 5.69 Å². The largest absolute Gasteiger partial charge is 0.379 e. The Kier molecular flexibility index (Phi) is 10.4. The Bertz CT molecular complexity index is 527. The van der Waals surface area contributed by atoms with Gasteiger partial charge in [-0.3, -0.25) is 14.6 Å². The van der Waals surface area contributed by atoms with Crippen molar-refractivity contribution in [1.29, 1.82) is 0 Å². The molecular formula is C17H33IN6O. The normalized spacial score (nSPS) is 17.0. The number of nitrogens with zero attached hydrogens (tertiary/aromatic N) is 4. The van der Waals surface area contributed by atoms with Gasteiger partial charge in [-0.25, -0.2) is 0 Å².